The fourth-order valence-corrected chi connectivity index (χ4v) is 2.20. The minimum Gasteiger partial charge on any atom is -0.479 e. The highest BCUT2D eigenvalue weighted by atomic mass is 32.2. The van der Waals surface area contributed by atoms with Gasteiger partial charge in [0.1, 0.15) is 11.8 Å². The predicted molar refractivity (Wildman–Crippen MR) is 76.9 cm³/mol. The van der Waals surface area contributed by atoms with E-state index in [0.29, 0.717) is 10.7 Å². The molecule has 0 aliphatic carbocycles. The summed E-state index contributed by atoms with van der Waals surface area (Å²) in [6.07, 6.45) is 3.58. The highest BCUT2D eigenvalue weighted by Gasteiger charge is 2.20. The number of hydrogen-bond acceptors (Lipinski definition) is 5. The number of thioether (sulfide) groups is 1. The molecule has 0 unspecified atom stereocenters. The number of H-pyrrole nitrogens is 1. The Morgan fingerprint density at radius 3 is 2.83 bits per heavy atom. The molecule has 2 rings (SSSR count). The first-order valence-electron chi connectivity index (χ1n) is 5.51. The van der Waals surface area contributed by atoms with Gasteiger partial charge in [-0.2, -0.15) is 16.7 Å². The second-order valence-corrected chi connectivity index (χ2v) is 6.46. The number of nitrogens with zero attached hydrogens (tertiary/aromatic N) is 3. The van der Waals surface area contributed by atoms with Crippen molar-refractivity contribution in [1.82, 2.24) is 19.5 Å². The zero-order chi connectivity index (χ0) is 13.3. The molecule has 7 heteroatoms. The van der Waals surface area contributed by atoms with Gasteiger partial charge in [-0.25, -0.2) is 4.98 Å². The average molecular weight is 284 g/mol. The highest BCUT2D eigenvalue weighted by Crippen LogP contribution is 2.27. The molecule has 0 aliphatic heterocycles. The normalized spacial score (nSPS) is 12.0. The monoisotopic (exact) mass is 284 g/mol. The van der Waals surface area contributed by atoms with Crippen LogP contribution in [0.5, 0.6) is 5.88 Å². The van der Waals surface area contributed by atoms with E-state index in [1.54, 1.807) is 18.9 Å². The van der Waals surface area contributed by atoms with Crippen LogP contribution in [0.3, 0.4) is 0 Å². The van der Waals surface area contributed by atoms with E-state index in [-0.39, 0.29) is 4.75 Å². The van der Waals surface area contributed by atoms with Crippen molar-refractivity contribution < 1.29 is 4.74 Å². The van der Waals surface area contributed by atoms with Crippen LogP contribution in [0, 0.1) is 4.77 Å². The summed E-state index contributed by atoms with van der Waals surface area (Å²) in [6.45, 7) is 5.14. The van der Waals surface area contributed by atoms with Gasteiger partial charge in [-0.15, -0.1) is 0 Å². The molecule has 1 N–H and O–H groups in total. The van der Waals surface area contributed by atoms with E-state index in [9.17, 15) is 0 Å². The maximum absolute atomic E-state index is 5.35. The minimum absolute atomic E-state index is 0.0888. The summed E-state index contributed by atoms with van der Waals surface area (Å²) in [5, 5.41) is 0. The molecule has 0 atom stereocenters. The SMILES string of the molecule is COc1ncnc2c1[nH]c(=S)n2CC(C)(C)SC. The van der Waals surface area contributed by atoms with Crippen LogP contribution in [0.4, 0.5) is 0 Å². The second-order valence-electron chi connectivity index (χ2n) is 4.56. The molecule has 0 spiro atoms. The molecule has 0 saturated heterocycles. The number of aromatic amines is 1. The van der Waals surface area contributed by atoms with Gasteiger partial charge in [0.25, 0.3) is 0 Å². The molecule has 0 saturated carbocycles. The van der Waals surface area contributed by atoms with E-state index in [1.807, 2.05) is 4.57 Å². The Morgan fingerprint density at radius 1 is 1.50 bits per heavy atom. The molecular weight excluding hydrogens is 268 g/mol. The van der Waals surface area contributed by atoms with Gasteiger partial charge < -0.3 is 9.72 Å². The van der Waals surface area contributed by atoms with Crippen LogP contribution in [-0.2, 0) is 6.54 Å². The molecule has 0 radical (unpaired) electrons. The van der Waals surface area contributed by atoms with Crippen LogP contribution in [0.25, 0.3) is 11.2 Å². The fourth-order valence-electron chi connectivity index (χ4n) is 1.69. The van der Waals surface area contributed by atoms with Crippen molar-refractivity contribution >= 4 is 35.1 Å². The van der Waals surface area contributed by atoms with Gasteiger partial charge in [-0.05, 0) is 32.3 Å². The van der Waals surface area contributed by atoms with Crippen LogP contribution in [0.2, 0.25) is 0 Å². The van der Waals surface area contributed by atoms with Gasteiger partial charge >= 0.3 is 0 Å². The maximum Gasteiger partial charge on any atom is 0.242 e. The Labute approximate surface area is 115 Å². The van der Waals surface area contributed by atoms with Gasteiger partial charge in [0.15, 0.2) is 10.4 Å². The first-order chi connectivity index (χ1) is 8.48. The van der Waals surface area contributed by atoms with Crippen molar-refractivity contribution in [3.8, 4) is 5.88 Å². The third-order valence-corrected chi connectivity index (χ3v) is 4.37. The quantitative estimate of drug-likeness (QED) is 0.875. The van der Waals surface area contributed by atoms with E-state index in [4.69, 9.17) is 17.0 Å². The highest BCUT2D eigenvalue weighted by molar-refractivity contribution is 7.99. The summed E-state index contributed by atoms with van der Waals surface area (Å²) in [7, 11) is 1.59. The molecule has 5 nitrogen and oxygen atoms in total. The first-order valence-corrected chi connectivity index (χ1v) is 7.14. The summed E-state index contributed by atoms with van der Waals surface area (Å²) in [6, 6.07) is 0. The number of nitrogens with one attached hydrogen (secondary N) is 1. The van der Waals surface area contributed by atoms with Gasteiger partial charge in [0, 0.05) is 11.3 Å². The zero-order valence-corrected chi connectivity index (χ0v) is 12.5. The zero-order valence-electron chi connectivity index (χ0n) is 10.9. The number of imidazole rings is 1. The Balaban J connectivity index is 2.58. The Hall–Kier alpha value is -1.08. The lowest BCUT2D eigenvalue weighted by Crippen LogP contribution is -2.22. The van der Waals surface area contributed by atoms with Crippen molar-refractivity contribution in [1.29, 1.82) is 0 Å². The van der Waals surface area contributed by atoms with Crippen molar-refractivity contribution in [2.75, 3.05) is 13.4 Å². The lowest BCUT2D eigenvalue weighted by Gasteiger charge is -2.22. The van der Waals surface area contributed by atoms with Crippen LogP contribution in [0.1, 0.15) is 13.8 Å². The number of ether oxygens (including phenoxy) is 1. The largest absolute Gasteiger partial charge is 0.479 e. The fraction of sp³-hybridized carbons (Fsp3) is 0.545. The van der Waals surface area contributed by atoms with Gasteiger partial charge in [-0.3, -0.25) is 4.57 Å². The van der Waals surface area contributed by atoms with Crippen LogP contribution in [-0.4, -0.2) is 37.6 Å². The lowest BCUT2D eigenvalue weighted by molar-refractivity contribution is 0.401. The lowest BCUT2D eigenvalue weighted by atomic mass is 10.2. The molecule has 0 aromatic carbocycles. The molecule has 0 bridgehead atoms. The summed E-state index contributed by atoms with van der Waals surface area (Å²) in [5.74, 6) is 0.520. The number of aromatic nitrogens is 4. The van der Waals surface area contributed by atoms with Crippen LogP contribution < -0.4 is 4.74 Å². The van der Waals surface area contributed by atoms with Crippen molar-refractivity contribution in [3.63, 3.8) is 0 Å². The minimum atomic E-state index is 0.0888. The van der Waals surface area contributed by atoms with Gasteiger partial charge in [0.2, 0.25) is 5.88 Å². The van der Waals surface area contributed by atoms with Crippen molar-refractivity contribution in [3.05, 3.63) is 11.1 Å². The molecule has 0 aliphatic rings. The third kappa shape index (κ3) is 2.37. The van der Waals surface area contributed by atoms with E-state index >= 15 is 0 Å². The smallest absolute Gasteiger partial charge is 0.242 e. The summed E-state index contributed by atoms with van der Waals surface area (Å²) >= 11 is 7.15. The van der Waals surface area contributed by atoms with E-state index in [1.165, 1.54) is 6.33 Å². The number of hydrogen-bond donors (Lipinski definition) is 1. The molecule has 2 aromatic heterocycles. The standard InChI is InChI=1S/C11H16N4OS2/c1-11(2,18-4)5-15-8-7(14-10(15)17)9(16-3)13-6-12-8/h6H,5H2,1-4H3,(H,14,17). The van der Waals surface area contributed by atoms with Gasteiger partial charge in [-0.1, -0.05) is 0 Å². The Morgan fingerprint density at radius 2 is 2.22 bits per heavy atom. The number of rotatable bonds is 4. The molecular formula is C11H16N4OS2. The molecule has 98 valence electrons. The molecule has 18 heavy (non-hydrogen) atoms. The van der Waals surface area contributed by atoms with E-state index < -0.39 is 0 Å². The topological polar surface area (TPSA) is 55.7 Å². The predicted octanol–water partition coefficient (Wildman–Crippen LogP) is 2.64. The number of fused-ring (bicyclic) bond motifs is 1. The summed E-state index contributed by atoms with van der Waals surface area (Å²) in [5.41, 5.74) is 1.54. The second kappa shape index (κ2) is 4.89. The third-order valence-electron chi connectivity index (χ3n) is 2.81. The molecule has 0 fully saturated rings. The Bertz CT molecular complexity index is 617. The van der Waals surface area contributed by atoms with Crippen molar-refractivity contribution in [2.45, 2.75) is 25.1 Å². The number of methoxy groups -OCH3 is 1. The molecule has 2 aromatic rings. The summed E-state index contributed by atoms with van der Waals surface area (Å²) in [4.78, 5) is 11.5. The van der Waals surface area contributed by atoms with Crippen LogP contribution >= 0.6 is 24.0 Å². The average Bonchev–Trinajstić information content (AvgIpc) is 2.66. The van der Waals surface area contributed by atoms with Crippen LogP contribution in [0.15, 0.2) is 6.33 Å². The van der Waals surface area contributed by atoms with E-state index in [0.717, 1.165) is 17.7 Å². The Kier molecular flexibility index (Phi) is 3.63. The first kappa shape index (κ1) is 13.4. The molecule has 0 amide bonds. The summed E-state index contributed by atoms with van der Waals surface area (Å²) < 4.78 is 7.93. The van der Waals surface area contributed by atoms with E-state index in [2.05, 4.69) is 35.1 Å². The maximum atomic E-state index is 5.35. The molecule has 2 heterocycles. The van der Waals surface area contributed by atoms with Crippen molar-refractivity contribution in [2.24, 2.45) is 0 Å². The van der Waals surface area contributed by atoms with Gasteiger partial charge in [0.05, 0.1) is 7.11 Å².